The van der Waals surface area contributed by atoms with Crippen LogP contribution in [0.15, 0.2) is 6.07 Å². The van der Waals surface area contributed by atoms with Gasteiger partial charge in [-0.3, -0.25) is 0 Å². The molecule has 0 radical (unpaired) electrons. The second-order valence-corrected chi connectivity index (χ2v) is 2.47. The fraction of sp³-hybridized carbons (Fsp3) is 0.250. The number of alkyl halides is 2. The van der Waals surface area contributed by atoms with Crippen molar-refractivity contribution < 1.29 is 19.0 Å². The van der Waals surface area contributed by atoms with Gasteiger partial charge in [-0.05, 0) is 6.07 Å². The van der Waals surface area contributed by atoms with E-state index < -0.39 is 30.2 Å². The van der Waals surface area contributed by atoms with Gasteiger partial charge in [0, 0.05) is 5.56 Å². The molecule has 1 heterocycles. The number of rotatable bonds is 2. The van der Waals surface area contributed by atoms with Crippen LogP contribution >= 0.6 is 0 Å². The minimum atomic E-state index is -2.88. The van der Waals surface area contributed by atoms with Gasteiger partial charge in [-0.15, -0.1) is 0 Å². The van der Waals surface area contributed by atoms with E-state index in [4.69, 9.17) is 15.5 Å². The number of aliphatic hydroxyl groups is 1. The van der Waals surface area contributed by atoms with Crippen molar-refractivity contribution in [3.05, 3.63) is 23.0 Å². The van der Waals surface area contributed by atoms with Crippen LogP contribution in [0.4, 0.5) is 8.78 Å². The average Bonchev–Trinajstić information content (AvgIpc) is 2.16. The summed E-state index contributed by atoms with van der Waals surface area (Å²) in [4.78, 5) is 3.24. The Bertz CT molecular complexity index is 388. The molecule has 74 valence electrons. The van der Waals surface area contributed by atoms with Gasteiger partial charge in [-0.2, -0.15) is 5.26 Å². The van der Waals surface area contributed by atoms with E-state index in [-0.39, 0.29) is 5.56 Å². The van der Waals surface area contributed by atoms with E-state index >= 15 is 0 Å². The summed E-state index contributed by atoms with van der Waals surface area (Å²) in [5, 5.41) is 26.2. The average molecular weight is 200 g/mol. The van der Waals surface area contributed by atoms with E-state index in [1.54, 1.807) is 0 Å². The number of nitriles is 1. The van der Waals surface area contributed by atoms with Crippen LogP contribution < -0.4 is 0 Å². The van der Waals surface area contributed by atoms with E-state index in [0.29, 0.717) is 0 Å². The number of halogens is 2. The zero-order chi connectivity index (χ0) is 10.7. The highest BCUT2D eigenvalue weighted by molar-refractivity contribution is 5.41. The molecule has 2 N–H and O–H groups in total. The smallest absolute Gasteiger partial charge is 0.280 e. The molecule has 0 aliphatic carbocycles. The number of hydrogen-bond donors (Lipinski definition) is 2. The fourth-order valence-corrected chi connectivity index (χ4v) is 0.955. The number of aliphatic hydroxyl groups excluding tert-OH is 1. The van der Waals surface area contributed by atoms with Crippen LogP contribution in [0, 0.1) is 11.3 Å². The number of aromatic nitrogens is 1. The molecule has 0 amide bonds. The lowest BCUT2D eigenvalue weighted by Crippen LogP contribution is -2.00. The third-order valence-corrected chi connectivity index (χ3v) is 1.60. The normalized spacial score (nSPS) is 10.2. The quantitative estimate of drug-likeness (QED) is 0.749. The Morgan fingerprint density at radius 1 is 1.57 bits per heavy atom. The van der Waals surface area contributed by atoms with Crippen molar-refractivity contribution in [3.8, 4) is 11.8 Å². The Morgan fingerprint density at radius 2 is 2.21 bits per heavy atom. The van der Waals surface area contributed by atoms with E-state index in [1.165, 1.54) is 6.07 Å². The molecular formula is C8H6F2N2O2. The number of nitrogens with zero attached hydrogens (tertiary/aromatic N) is 2. The van der Waals surface area contributed by atoms with Crippen molar-refractivity contribution in [1.29, 1.82) is 5.26 Å². The predicted octanol–water partition coefficient (Wildman–Crippen LogP) is 1.09. The Kier molecular flexibility index (Phi) is 2.94. The first-order valence-corrected chi connectivity index (χ1v) is 3.62. The first-order valence-electron chi connectivity index (χ1n) is 3.62. The first-order chi connectivity index (χ1) is 6.60. The number of pyridine rings is 1. The van der Waals surface area contributed by atoms with E-state index in [0.717, 1.165) is 6.07 Å². The topological polar surface area (TPSA) is 77.1 Å². The van der Waals surface area contributed by atoms with Gasteiger partial charge in [0.25, 0.3) is 6.43 Å². The van der Waals surface area contributed by atoms with E-state index in [2.05, 4.69) is 4.98 Å². The molecule has 0 atom stereocenters. The van der Waals surface area contributed by atoms with Gasteiger partial charge in [0.1, 0.15) is 11.8 Å². The first kappa shape index (κ1) is 10.3. The van der Waals surface area contributed by atoms with Crippen LogP contribution in [0.3, 0.4) is 0 Å². The van der Waals surface area contributed by atoms with Crippen LogP contribution in [-0.4, -0.2) is 15.2 Å². The second-order valence-electron chi connectivity index (χ2n) is 2.47. The van der Waals surface area contributed by atoms with Gasteiger partial charge in [0.2, 0.25) is 0 Å². The van der Waals surface area contributed by atoms with Crippen molar-refractivity contribution in [2.75, 3.05) is 0 Å². The van der Waals surface area contributed by atoms with Crippen LogP contribution in [0.25, 0.3) is 0 Å². The molecule has 4 nitrogen and oxygen atoms in total. The molecule has 0 unspecified atom stereocenters. The van der Waals surface area contributed by atoms with Crippen molar-refractivity contribution in [2.24, 2.45) is 0 Å². The molecular weight excluding hydrogens is 194 g/mol. The molecule has 0 aliphatic heterocycles. The highest BCUT2D eigenvalue weighted by atomic mass is 19.3. The summed E-state index contributed by atoms with van der Waals surface area (Å²) in [7, 11) is 0. The summed E-state index contributed by atoms with van der Waals surface area (Å²) < 4.78 is 24.6. The number of hydrogen-bond acceptors (Lipinski definition) is 4. The number of aromatic hydroxyl groups is 1. The van der Waals surface area contributed by atoms with Crippen molar-refractivity contribution >= 4 is 0 Å². The summed E-state index contributed by atoms with van der Waals surface area (Å²) in [6.45, 7) is -0.661. The molecule has 0 saturated heterocycles. The van der Waals surface area contributed by atoms with Gasteiger partial charge in [0.05, 0.1) is 6.61 Å². The highest BCUT2D eigenvalue weighted by Gasteiger charge is 2.17. The van der Waals surface area contributed by atoms with Crippen LogP contribution in [0.1, 0.15) is 23.4 Å². The minimum Gasteiger partial charge on any atom is -0.505 e. The lowest BCUT2D eigenvalue weighted by molar-refractivity contribution is 0.141. The molecule has 0 fully saturated rings. The second kappa shape index (κ2) is 3.98. The van der Waals surface area contributed by atoms with E-state index in [9.17, 15) is 8.78 Å². The minimum absolute atomic E-state index is 0.184. The van der Waals surface area contributed by atoms with Crippen LogP contribution in [0.2, 0.25) is 0 Å². The fourth-order valence-electron chi connectivity index (χ4n) is 0.955. The Balaban J connectivity index is 3.34. The molecule has 1 aromatic heterocycles. The Morgan fingerprint density at radius 3 is 2.64 bits per heavy atom. The van der Waals surface area contributed by atoms with Crippen LogP contribution in [-0.2, 0) is 6.61 Å². The van der Waals surface area contributed by atoms with Crippen molar-refractivity contribution in [3.63, 3.8) is 0 Å². The maximum absolute atomic E-state index is 12.3. The zero-order valence-corrected chi connectivity index (χ0v) is 6.91. The zero-order valence-electron chi connectivity index (χ0n) is 6.91. The van der Waals surface area contributed by atoms with Crippen LogP contribution in [0.5, 0.6) is 5.75 Å². The largest absolute Gasteiger partial charge is 0.505 e. The van der Waals surface area contributed by atoms with Gasteiger partial charge in [-0.25, -0.2) is 13.8 Å². The Labute approximate surface area is 78.1 Å². The molecule has 0 spiro atoms. The molecule has 1 rings (SSSR count). The Hall–Kier alpha value is -1.74. The predicted molar refractivity (Wildman–Crippen MR) is 41.5 cm³/mol. The summed E-state index contributed by atoms with van der Waals surface area (Å²) >= 11 is 0. The lowest BCUT2D eigenvalue weighted by Gasteiger charge is -2.06. The molecule has 1 aromatic rings. The summed E-state index contributed by atoms with van der Waals surface area (Å²) in [5.41, 5.74) is -1.34. The molecule has 6 heteroatoms. The molecule has 0 aromatic carbocycles. The maximum atomic E-state index is 12.3. The molecule has 0 bridgehead atoms. The summed E-state index contributed by atoms with van der Waals surface area (Å²) in [6.07, 6.45) is -2.88. The third-order valence-electron chi connectivity index (χ3n) is 1.60. The molecule has 14 heavy (non-hydrogen) atoms. The highest BCUT2D eigenvalue weighted by Crippen LogP contribution is 2.25. The molecule has 0 saturated carbocycles. The maximum Gasteiger partial charge on any atom is 0.280 e. The summed E-state index contributed by atoms with van der Waals surface area (Å²) in [6, 6.07) is 2.38. The van der Waals surface area contributed by atoms with Gasteiger partial charge >= 0.3 is 0 Å². The van der Waals surface area contributed by atoms with Gasteiger partial charge in [-0.1, -0.05) is 0 Å². The molecule has 0 aliphatic rings. The SMILES string of the molecule is N#Cc1nc(C(F)F)c(CO)cc1O. The van der Waals surface area contributed by atoms with Crippen molar-refractivity contribution in [1.82, 2.24) is 4.98 Å². The third kappa shape index (κ3) is 1.78. The monoisotopic (exact) mass is 200 g/mol. The van der Waals surface area contributed by atoms with Gasteiger partial charge < -0.3 is 10.2 Å². The lowest BCUT2D eigenvalue weighted by atomic mass is 10.1. The van der Waals surface area contributed by atoms with Gasteiger partial charge in [0.15, 0.2) is 11.4 Å². The van der Waals surface area contributed by atoms with Crippen molar-refractivity contribution in [2.45, 2.75) is 13.0 Å². The van der Waals surface area contributed by atoms with E-state index in [1.807, 2.05) is 0 Å². The standard InChI is InChI=1S/C8H6F2N2O2/c9-8(10)7-4(3-13)1-6(14)5(2-11)12-7/h1,8,13-14H,3H2. The summed E-state index contributed by atoms with van der Waals surface area (Å²) in [5.74, 6) is -0.513.